The first-order valence-corrected chi connectivity index (χ1v) is 4.37. The van der Waals surface area contributed by atoms with Gasteiger partial charge in [0.25, 0.3) is 0 Å². The molecule has 0 aliphatic heterocycles. The zero-order valence-corrected chi connectivity index (χ0v) is 8.43. The standard InChI is InChI=1S/C11H10O5/c1-7(5-10(12)13)9(11(14)15)6-8-3-2-4-16-8/h2-6H,1H3,(H,12,13)(H,14,15)/p-2. The van der Waals surface area contributed by atoms with Crippen molar-refractivity contribution in [1.29, 1.82) is 0 Å². The lowest BCUT2D eigenvalue weighted by molar-refractivity contribution is -0.298. The van der Waals surface area contributed by atoms with Gasteiger partial charge in [-0.1, -0.05) is 0 Å². The maximum atomic E-state index is 10.8. The van der Waals surface area contributed by atoms with Crippen LogP contribution in [0.3, 0.4) is 0 Å². The third-order valence-corrected chi connectivity index (χ3v) is 1.81. The van der Waals surface area contributed by atoms with E-state index in [0.29, 0.717) is 11.8 Å². The average molecular weight is 220 g/mol. The molecule has 0 atom stereocenters. The van der Waals surface area contributed by atoms with E-state index in [1.54, 1.807) is 6.07 Å². The molecule has 1 rings (SSSR count). The van der Waals surface area contributed by atoms with Gasteiger partial charge in [-0.15, -0.1) is 0 Å². The van der Waals surface area contributed by atoms with Gasteiger partial charge < -0.3 is 24.2 Å². The van der Waals surface area contributed by atoms with Crippen molar-refractivity contribution in [3.63, 3.8) is 0 Å². The van der Waals surface area contributed by atoms with Crippen LogP contribution >= 0.6 is 0 Å². The van der Waals surface area contributed by atoms with Crippen LogP contribution in [0, 0.1) is 0 Å². The monoisotopic (exact) mass is 220 g/mol. The number of carboxylic acid groups (broad SMARTS) is 2. The summed E-state index contributed by atoms with van der Waals surface area (Å²) in [4.78, 5) is 21.1. The molecular weight excluding hydrogens is 212 g/mol. The van der Waals surface area contributed by atoms with Crippen molar-refractivity contribution in [2.24, 2.45) is 0 Å². The molecule has 0 amide bonds. The molecule has 0 aliphatic rings. The molecule has 0 aliphatic carbocycles. The lowest BCUT2D eigenvalue weighted by atomic mass is 10.1. The molecular formula is C11H8O5-2. The highest BCUT2D eigenvalue weighted by atomic mass is 16.4. The zero-order valence-electron chi connectivity index (χ0n) is 8.43. The van der Waals surface area contributed by atoms with Crippen molar-refractivity contribution in [2.45, 2.75) is 6.92 Å². The molecule has 0 radical (unpaired) electrons. The second kappa shape index (κ2) is 4.97. The quantitative estimate of drug-likeness (QED) is 0.484. The van der Waals surface area contributed by atoms with Gasteiger partial charge in [-0.3, -0.25) is 0 Å². The number of rotatable bonds is 4. The number of hydrogen-bond donors (Lipinski definition) is 0. The molecule has 0 saturated heterocycles. The van der Waals surface area contributed by atoms with Crippen molar-refractivity contribution in [2.75, 3.05) is 0 Å². The van der Waals surface area contributed by atoms with Crippen molar-refractivity contribution >= 4 is 18.0 Å². The molecule has 5 heteroatoms. The van der Waals surface area contributed by atoms with Gasteiger partial charge in [0, 0.05) is 5.57 Å². The molecule has 1 aromatic rings. The second-order valence-corrected chi connectivity index (χ2v) is 3.01. The molecule has 84 valence electrons. The van der Waals surface area contributed by atoms with E-state index in [4.69, 9.17) is 4.42 Å². The lowest BCUT2D eigenvalue weighted by Gasteiger charge is -2.09. The van der Waals surface area contributed by atoms with Crippen LogP contribution in [0.15, 0.2) is 40.0 Å². The highest BCUT2D eigenvalue weighted by molar-refractivity contribution is 5.97. The van der Waals surface area contributed by atoms with Crippen LogP contribution < -0.4 is 10.2 Å². The van der Waals surface area contributed by atoms with Crippen molar-refractivity contribution < 1.29 is 24.2 Å². The molecule has 0 aromatic carbocycles. The summed E-state index contributed by atoms with van der Waals surface area (Å²) >= 11 is 0. The maximum Gasteiger partial charge on any atom is 0.127 e. The average Bonchev–Trinajstić information content (AvgIpc) is 2.64. The predicted octanol–water partition coefficient (Wildman–Crippen LogP) is -0.891. The summed E-state index contributed by atoms with van der Waals surface area (Å²) in [5.41, 5.74) is -0.240. The number of furan rings is 1. The zero-order chi connectivity index (χ0) is 12.1. The van der Waals surface area contributed by atoms with E-state index < -0.39 is 11.9 Å². The number of hydrogen-bond acceptors (Lipinski definition) is 5. The van der Waals surface area contributed by atoms with Crippen LogP contribution in [0.4, 0.5) is 0 Å². The number of carbonyl (C=O) groups is 2. The van der Waals surface area contributed by atoms with Crippen molar-refractivity contribution in [1.82, 2.24) is 0 Å². The van der Waals surface area contributed by atoms with E-state index in [2.05, 4.69) is 0 Å². The summed E-state index contributed by atoms with van der Waals surface area (Å²) in [7, 11) is 0. The first kappa shape index (κ1) is 11.8. The molecule has 1 aromatic heterocycles. The molecule has 0 fully saturated rings. The Hall–Kier alpha value is -2.30. The molecule has 0 bridgehead atoms. The van der Waals surface area contributed by atoms with Gasteiger partial charge in [-0.25, -0.2) is 0 Å². The Morgan fingerprint density at radius 1 is 1.38 bits per heavy atom. The Morgan fingerprint density at radius 2 is 2.06 bits per heavy atom. The largest absolute Gasteiger partial charge is 0.545 e. The third kappa shape index (κ3) is 3.13. The normalized spacial score (nSPS) is 12.6. The highest BCUT2D eigenvalue weighted by Gasteiger charge is 2.03. The lowest BCUT2D eigenvalue weighted by Crippen LogP contribution is -2.26. The summed E-state index contributed by atoms with van der Waals surface area (Å²) < 4.78 is 4.91. The third-order valence-electron chi connectivity index (χ3n) is 1.81. The molecule has 0 unspecified atom stereocenters. The van der Waals surface area contributed by atoms with Gasteiger partial charge in [0.2, 0.25) is 0 Å². The highest BCUT2D eigenvalue weighted by Crippen LogP contribution is 2.14. The van der Waals surface area contributed by atoms with E-state index in [1.807, 2.05) is 0 Å². The van der Waals surface area contributed by atoms with Crippen molar-refractivity contribution in [3.05, 3.63) is 41.4 Å². The minimum absolute atomic E-state index is 0.0244. The smallest absolute Gasteiger partial charge is 0.127 e. The summed E-state index contributed by atoms with van der Waals surface area (Å²) in [6.45, 7) is 1.33. The van der Waals surface area contributed by atoms with Crippen LogP contribution in [0.1, 0.15) is 12.7 Å². The van der Waals surface area contributed by atoms with E-state index in [-0.39, 0.29) is 11.1 Å². The molecule has 5 nitrogen and oxygen atoms in total. The Morgan fingerprint density at radius 3 is 2.50 bits per heavy atom. The first-order chi connectivity index (χ1) is 7.50. The summed E-state index contributed by atoms with van der Waals surface area (Å²) in [6, 6.07) is 3.12. The van der Waals surface area contributed by atoms with Gasteiger partial charge in [0.1, 0.15) is 5.76 Å². The van der Waals surface area contributed by atoms with Gasteiger partial charge in [-0.2, -0.15) is 0 Å². The fourth-order valence-corrected chi connectivity index (χ4v) is 1.10. The topological polar surface area (TPSA) is 93.4 Å². The van der Waals surface area contributed by atoms with Gasteiger partial charge in [-0.05, 0) is 36.8 Å². The van der Waals surface area contributed by atoms with E-state index in [9.17, 15) is 19.8 Å². The number of carbonyl (C=O) groups excluding carboxylic acids is 2. The minimum Gasteiger partial charge on any atom is -0.545 e. The van der Waals surface area contributed by atoms with Crippen LogP contribution in [0.25, 0.3) is 6.08 Å². The Kier molecular flexibility index (Phi) is 3.66. The van der Waals surface area contributed by atoms with Crippen LogP contribution in [-0.2, 0) is 9.59 Å². The molecule has 16 heavy (non-hydrogen) atoms. The summed E-state index contributed by atoms with van der Waals surface area (Å²) in [6.07, 6.45) is 3.24. The van der Waals surface area contributed by atoms with Gasteiger partial charge >= 0.3 is 0 Å². The summed E-state index contributed by atoms with van der Waals surface area (Å²) in [5.74, 6) is -2.65. The van der Waals surface area contributed by atoms with Gasteiger partial charge in [0.15, 0.2) is 0 Å². The fourth-order valence-electron chi connectivity index (χ4n) is 1.10. The van der Waals surface area contributed by atoms with Crippen LogP contribution in [0.5, 0.6) is 0 Å². The molecule has 0 spiro atoms. The van der Waals surface area contributed by atoms with Gasteiger partial charge in [0.05, 0.1) is 18.2 Å². The first-order valence-electron chi connectivity index (χ1n) is 4.37. The Balaban J connectivity index is 3.10. The van der Waals surface area contributed by atoms with Crippen LogP contribution in [-0.4, -0.2) is 11.9 Å². The van der Waals surface area contributed by atoms with Crippen molar-refractivity contribution in [3.8, 4) is 0 Å². The van der Waals surface area contributed by atoms with E-state index >= 15 is 0 Å². The Labute approximate surface area is 91.3 Å². The SMILES string of the molecule is CC(=CC(=O)[O-])C(=Cc1ccco1)C(=O)[O-]. The molecule has 1 heterocycles. The number of carboxylic acids is 2. The fraction of sp³-hybridized carbons (Fsp3) is 0.0909. The second-order valence-electron chi connectivity index (χ2n) is 3.01. The van der Waals surface area contributed by atoms with E-state index in [1.165, 1.54) is 25.3 Å². The molecule has 0 saturated carbocycles. The minimum atomic E-state index is -1.48. The Bertz CT molecular complexity index is 451. The van der Waals surface area contributed by atoms with Crippen LogP contribution in [0.2, 0.25) is 0 Å². The number of aliphatic carboxylic acids is 2. The summed E-state index contributed by atoms with van der Waals surface area (Å²) in [5, 5.41) is 21.1. The maximum absolute atomic E-state index is 10.8. The predicted molar refractivity (Wildman–Crippen MR) is 50.5 cm³/mol. The molecule has 0 N–H and O–H groups in total. The van der Waals surface area contributed by atoms with E-state index in [0.717, 1.165) is 0 Å².